The fourth-order valence-corrected chi connectivity index (χ4v) is 3.14. The van der Waals surface area contributed by atoms with E-state index in [2.05, 4.69) is 4.98 Å². The van der Waals surface area contributed by atoms with Crippen LogP contribution in [0.4, 0.5) is 0 Å². The molecule has 0 aliphatic rings. The molecule has 0 saturated heterocycles. The molecule has 0 bridgehead atoms. The first kappa shape index (κ1) is 16.3. The van der Waals surface area contributed by atoms with Crippen LogP contribution in [0.5, 0.6) is 5.75 Å². The van der Waals surface area contributed by atoms with Gasteiger partial charge in [0.1, 0.15) is 22.5 Å². The summed E-state index contributed by atoms with van der Waals surface area (Å²) in [5.74, 6) is 0.418. The smallest absolute Gasteiger partial charge is 0.261 e. The number of halogens is 2. The Morgan fingerprint density at radius 3 is 2.62 bits per heavy atom. The molecule has 114 valence electrons. The van der Waals surface area contributed by atoms with E-state index in [1.807, 2.05) is 6.92 Å². The van der Waals surface area contributed by atoms with Gasteiger partial charge in [-0.2, -0.15) is 0 Å². The van der Waals surface area contributed by atoms with E-state index in [0.717, 1.165) is 0 Å². The Labute approximate surface area is 132 Å². The fraction of sp³-hybridized carbons (Fsp3) is 0.308. The lowest BCUT2D eigenvalue weighted by Gasteiger charge is -2.16. The van der Waals surface area contributed by atoms with Crippen LogP contribution in [0.2, 0.25) is 5.15 Å². The van der Waals surface area contributed by atoms with Gasteiger partial charge in [-0.3, -0.25) is 0 Å². The summed E-state index contributed by atoms with van der Waals surface area (Å²) in [5.41, 5.74) is 0.340. The van der Waals surface area contributed by atoms with Crippen molar-refractivity contribution in [2.45, 2.75) is 17.9 Å². The van der Waals surface area contributed by atoms with Gasteiger partial charge in [-0.25, -0.2) is 13.4 Å². The molecule has 0 aliphatic carbocycles. The zero-order valence-electron chi connectivity index (χ0n) is 11.3. The lowest BCUT2D eigenvalue weighted by molar-refractivity contribution is 0.0929. The summed E-state index contributed by atoms with van der Waals surface area (Å²) in [6.45, 7) is 2.21. The average molecular weight is 350 g/mol. The highest BCUT2D eigenvalue weighted by molar-refractivity contribution is 8.14. The summed E-state index contributed by atoms with van der Waals surface area (Å²) in [6.07, 6.45) is -0.225. The number of aromatic nitrogens is 1. The zero-order chi connectivity index (χ0) is 15.6. The monoisotopic (exact) mass is 349 g/mol. The van der Waals surface area contributed by atoms with Crippen molar-refractivity contribution in [3.05, 3.63) is 29.4 Å². The van der Waals surface area contributed by atoms with E-state index in [4.69, 9.17) is 31.8 Å². The Morgan fingerprint density at radius 1 is 1.29 bits per heavy atom. The number of hydrogen-bond donors (Lipinski definition) is 0. The second-order valence-electron chi connectivity index (χ2n) is 4.41. The van der Waals surface area contributed by atoms with Crippen molar-refractivity contribution in [3.8, 4) is 5.75 Å². The van der Waals surface area contributed by atoms with Gasteiger partial charge in [0.2, 0.25) is 0 Å². The number of benzene rings is 1. The quantitative estimate of drug-likeness (QED) is 0.612. The molecule has 0 fully saturated rings. The number of fused-ring (bicyclic) bond motifs is 1. The Balaban J connectivity index is 2.61. The van der Waals surface area contributed by atoms with Crippen molar-refractivity contribution < 1.29 is 17.9 Å². The Bertz CT molecular complexity index is 764. The molecular weight excluding hydrogens is 337 g/mol. The Morgan fingerprint density at radius 2 is 2.00 bits per heavy atom. The van der Waals surface area contributed by atoms with Crippen LogP contribution >= 0.6 is 22.3 Å². The third-order valence-corrected chi connectivity index (χ3v) is 4.33. The fourth-order valence-electron chi connectivity index (χ4n) is 1.94. The number of methoxy groups -OCH3 is 1. The molecule has 0 radical (unpaired) electrons. The van der Waals surface area contributed by atoms with E-state index in [1.165, 1.54) is 18.2 Å². The van der Waals surface area contributed by atoms with E-state index >= 15 is 0 Å². The molecule has 1 aromatic heterocycles. The Kier molecular flexibility index (Phi) is 4.93. The molecule has 1 heterocycles. The van der Waals surface area contributed by atoms with Gasteiger partial charge >= 0.3 is 0 Å². The van der Waals surface area contributed by atoms with Gasteiger partial charge in [0, 0.05) is 23.2 Å². The first-order valence-electron chi connectivity index (χ1n) is 6.02. The summed E-state index contributed by atoms with van der Waals surface area (Å²) in [5, 5.41) is 0.590. The summed E-state index contributed by atoms with van der Waals surface area (Å²) >= 11 is 5.88. The van der Waals surface area contributed by atoms with E-state index in [0.29, 0.717) is 23.3 Å². The van der Waals surface area contributed by atoms with Crippen molar-refractivity contribution in [3.63, 3.8) is 0 Å². The first-order chi connectivity index (χ1) is 9.82. The molecule has 0 spiro atoms. The van der Waals surface area contributed by atoms with Gasteiger partial charge in [0.05, 0.1) is 11.5 Å². The SMILES string of the molecule is COCC(C)Oc1ccc(S(=O)(=O)Cl)c2ccc(Cl)nc12. The number of nitrogens with zero attached hydrogens (tertiary/aromatic N) is 1. The standard InChI is InChI=1S/C13H13Cl2NO4S/c1-8(7-19-2)20-10-4-5-11(21(15,17)18)9-3-6-12(14)16-13(9)10/h3-6,8H,7H2,1-2H3. The van der Waals surface area contributed by atoms with Gasteiger partial charge in [0.25, 0.3) is 9.05 Å². The van der Waals surface area contributed by atoms with Crippen LogP contribution in [0.25, 0.3) is 10.9 Å². The second kappa shape index (κ2) is 6.36. The highest BCUT2D eigenvalue weighted by Crippen LogP contribution is 2.32. The summed E-state index contributed by atoms with van der Waals surface area (Å²) in [6, 6.07) is 5.94. The van der Waals surface area contributed by atoms with Crippen LogP contribution in [-0.4, -0.2) is 33.2 Å². The number of ether oxygens (including phenoxy) is 2. The van der Waals surface area contributed by atoms with Crippen LogP contribution < -0.4 is 4.74 Å². The summed E-state index contributed by atoms with van der Waals surface area (Å²) < 4.78 is 33.9. The molecule has 1 aromatic carbocycles. The van der Waals surface area contributed by atoms with Crippen LogP contribution in [0.1, 0.15) is 6.92 Å². The minimum atomic E-state index is -3.89. The van der Waals surface area contributed by atoms with E-state index in [1.54, 1.807) is 13.2 Å². The maximum atomic E-state index is 11.6. The molecule has 2 rings (SSSR count). The average Bonchev–Trinajstić information content (AvgIpc) is 2.38. The van der Waals surface area contributed by atoms with Crippen LogP contribution in [0, 0.1) is 0 Å². The van der Waals surface area contributed by atoms with Crippen LogP contribution in [-0.2, 0) is 13.8 Å². The van der Waals surface area contributed by atoms with Crippen LogP contribution in [0.3, 0.4) is 0 Å². The van der Waals surface area contributed by atoms with Crippen LogP contribution in [0.15, 0.2) is 29.2 Å². The van der Waals surface area contributed by atoms with E-state index < -0.39 is 9.05 Å². The topological polar surface area (TPSA) is 65.5 Å². The molecule has 5 nitrogen and oxygen atoms in total. The van der Waals surface area contributed by atoms with Gasteiger partial charge in [-0.1, -0.05) is 11.6 Å². The molecule has 8 heteroatoms. The third-order valence-electron chi connectivity index (χ3n) is 2.74. The molecule has 0 N–H and O–H groups in total. The molecular formula is C13H13Cl2NO4S. The van der Waals surface area contributed by atoms with E-state index in [9.17, 15) is 8.42 Å². The molecule has 0 aliphatic heterocycles. The van der Waals surface area contributed by atoms with Gasteiger partial charge < -0.3 is 9.47 Å². The molecule has 2 aromatic rings. The summed E-state index contributed by atoms with van der Waals surface area (Å²) in [7, 11) is 3.11. The maximum absolute atomic E-state index is 11.6. The minimum Gasteiger partial charge on any atom is -0.486 e. The maximum Gasteiger partial charge on any atom is 0.261 e. The largest absolute Gasteiger partial charge is 0.486 e. The zero-order valence-corrected chi connectivity index (χ0v) is 13.7. The molecule has 1 atom stereocenters. The van der Waals surface area contributed by atoms with Crippen molar-refractivity contribution >= 4 is 42.2 Å². The van der Waals surface area contributed by atoms with E-state index in [-0.39, 0.29) is 16.2 Å². The van der Waals surface area contributed by atoms with Crippen molar-refractivity contribution in [1.82, 2.24) is 4.98 Å². The van der Waals surface area contributed by atoms with Crippen molar-refractivity contribution in [2.75, 3.05) is 13.7 Å². The summed E-state index contributed by atoms with van der Waals surface area (Å²) in [4.78, 5) is 4.11. The lowest BCUT2D eigenvalue weighted by Crippen LogP contribution is -2.18. The van der Waals surface area contributed by atoms with Gasteiger partial charge in [-0.05, 0) is 31.2 Å². The Hall–Kier alpha value is -1.08. The second-order valence-corrected chi connectivity index (χ2v) is 7.34. The predicted molar refractivity (Wildman–Crippen MR) is 81.8 cm³/mol. The van der Waals surface area contributed by atoms with Crippen molar-refractivity contribution in [1.29, 1.82) is 0 Å². The molecule has 0 amide bonds. The number of rotatable bonds is 5. The van der Waals surface area contributed by atoms with Crippen molar-refractivity contribution in [2.24, 2.45) is 0 Å². The molecule has 21 heavy (non-hydrogen) atoms. The molecule has 1 unspecified atom stereocenters. The highest BCUT2D eigenvalue weighted by Gasteiger charge is 2.18. The first-order valence-corrected chi connectivity index (χ1v) is 8.71. The highest BCUT2D eigenvalue weighted by atomic mass is 35.7. The number of hydrogen-bond acceptors (Lipinski definition) is 5. The van der Waals surface area contributed by atoms with Gasteiger partial charge in [-0.15, -0.1) is 0 Å². The lowest BCUT2D eigenvalue weighted by atomic mass is 10.2. The normalized spacial score (nSPS) is 13.3. The number of pyridine rings is 1. The van der Waals surface area contributed by atoms with Gasteiger partial charge in [0.15, 0.2) is 0 Å². The third kappa shape index (κ3) is 3.77. The molecule has 0 saturated carbocycles. The predicted octanol–water partition coefficient (Wildman–Crippen LogP) is 3.23. The minimum absolute atomic E-state index is 0.0323.